The Hall–Kier alpha value is -1.95. The molecule has 5 nitrogen and oxygen atoms in total. The van der Waals surface area contributed by atoms with E-state index in [1.807, 2.05) is 6.92 Å². The minimum Gasteiger partial charge on any atom is -0.468 e. The predicted molar refractivity (Wildman–Crippen MR) is 68.6 cm³/mol. The van der Waals surface area contributed by atoms with E-state index in [-0.39, 0.29) is 12.1 Å². The van der Waals surface area contributed by atoms with Gasteiger partial charge in [-0.25, -0.2) is 4.98 Å². The summed E-state index contributed by atoms with van der Waals surface area (Å²) in [7, 11) is 1.29. The Labute approximate surface area is 108 Å². The number of thiazole rings is 1. The van der Waals surface area contributed by atoms with Gasteiger partial charge in [0.25, 0.3) is 5.56 Å². The summed E-state index contributed by atoms with van der Waals surface area (Å²) in [5, 5.41) is 0.948. The van der Waals surface area contributed by atoms with Crippen LogP contribution in [0.2, 0.25) is 0 Å². The molecule has 0 aliphatic carbocycles. The highest BCUT2D eigenvalue weighted by Gasteiger charge is 2.07. The highest BCUT2D eigenvalue weighted by Crippen LogP contribution is 2.24. The van der Waals surface area contributed by atoms with Gasteiger partial charge in [0.05, 0.1) is 17.0 Å². The van der Waals surface area contributed by atoms with E-state index >= 15 is 0 Å². The van der Waals surface area contributed by atoms with E-state index in [2.05, 4.69) is 9.72 Å². The Kier molecular flexibility index (Phi) is 3.57. The van der Waals surface area contributed by atoms with Crippen molar-refractivity contribution in [3.05, 3.63) is 39.9 Å². The smallest absolute Gasteiger partial charge is 0.325 e. The number of rotatable bonds is 3. The van der Waals surface area contributed by atoms with E-state index in [0.29, 0.717) is 0 Å². The van der Waals surface area contributed by atoms with E-state index < -0.39 is 5.97 Å². The minimum atomic E-state index is -0.446. The maximum atomic E-state index is 11.8. The number of nitrogens with zero attached hydrogens (tertiary/aromatic N) is 2. The fraction of sp³-hybridized carbons (Fsp3) is 0.250. The van der Waals surface area contributed by atoms with Gasteiger partial charge in [0.2, 0.25) is 0 Å². The number of hydrogen-bond acceptors (Lipinski definition) is 5. The van der Waals surface area contributed by atoms with E-state index in [4.69, 9.17) is 0 Å². The maximum absolute atomic E-state index is 11.8. The Balaban J connectivity index is 2.30. The van der Waals surface area contributed by atoms with E-state index in [0.717, 1.165) is 15.4 Å². The van der Waals surface area contributed by atoms with Crippen molar-refractivity contribution in [1.82, 2.24) is 9.55 Å². The lowest BCUT2D eigenvalue weighted by atomic mass is 10.2. The summed E-state index contributed by atoms with van der Waals surface area (Å²) in [4.78, 5) is 28.0. The van der Waals surface area contributed by atoms with Crippen LogP contribution in [-0.4, -0.2) is 22.6 Å². The lowest BCUT2D eigenvalue weighted by Crippen LogP contribution is -2.23. The zero-order valence-electron chi connectivity index (χ0n) is 10.0. The van der Waals surface area contributed by atoms with Crippen LogP contribution in [0.4, 0.5) is 0 Å². The first kappa shape index (κ1) is 12.5. The molecule has 18 heavy (non-hydrogen) atoms. The van der Waals surface area contributed by atoms with Crippen molar-refractivity contribution in [2.75, 3.05) is 7.11 Å². The molecule has 0 saturated carbocycles. The van der Waals surface area contributed by atoms with Crippen molar-refractivity contribution < 1.29 is 9.53 Å². The molecule has 2 aromatic heterocycles. The van der Waals surface area contributed by atoms with Gasteiger partial charge in [0.1, 0.15) is 6.54 Å². The first-order valence-electron chi connectivity index (χ1n) is 5.30. The Morgan fingerprint density at radius 3 is 2.89 bits per heavy atom. The van der Waals surface area contributed by atoms with Crippen LogP contribution < -0.4 is 5.56 Å². The number of aryl methyl sites for hydroxylation is 1. The largest absolute Gasteiger partial charge is 0.468 e. The molecule has 2 heterocycles. The molecule has 6 heteroatoms. The second-order valence-electron chi connectivity index (χ2n) is 3.70. The Morgan fingerprint density at radius 2 is 2.33 bits per heavy atom. The molecule has 0 aliphatic heterocycles. The summed E-state index contributed by atoms with van der Waals surface area (Å²) in [6.07, 6.45) is 3.32. The molecule has 94 valence electrons. The van der Waals surface area contributed by atoms with Crippen LogP contribution in [0.1, 0.15) is 5.01 Å². The number of ether oxygens (including phenoxy) is 1. The van der Waals surface area contributed by atoms with Crippen LogP contribution in [0.3, 0.4) is 0 Å². The van der Waals surface area contributed by atoms with Gasteiger partial charge >= 0.3 is 5.97 Å². The SMILES string of the molecule is COC(=O)Cn1ccc(-c2cnc(C)s2)cc1=O. The molecule has 0 unspecified atom stereocenters. The highest BCUT2D eigenvalue weighted by molar-refractivity contribution is 7.15. The second kappa shape index (κ2) is 5.14. The first-order chi connectivity index (χ1) is 8.60. The molecule has 0 N–H and O–H groups in total. The molecule has 0 spiro atoms. The van der Waals surface area contributed by atoms with E-state index in [9.17, 15) is 9.59 Å². The van der Waals surface area contributed by atoms with Crippen molar-refractivity contribution >= 4 is 17.3 Å². The second-order valence-corrected chi connectivity index (χ2v) is 4.94. The minimum absolute atomic E-state index is 0.0721. The average Bonchev–Trinajstić information content (AvgIpc) is 2.78. The van der Waals surface area contributed by atoms with Crippen molar-refractivity contribution in [2.45, 2.75) is 13.5 Å². The molecule has 0 radical (unpaired) electrons. The highest BCUT2D eigenvalue weighted by atomic mass is 32.1. The number of carbonyl (C=O) groups is 1. The topological polar surface area (TPSA) is 61.2 Å². The Bertz CT molecular complexity index is 630. The lowest BCUT2D eigenvalue weighted by Gasteiger charge is -2.04. The van der Waals surface area contributed by atoms with Crippen molar-refractivity contribution in [2.24, 2.45) is 0 Å². The number of carbonyl (C=O) groups excluding carboxylic acids is 1. The van der Waals surface area contributed by atoms with Crippen LogP contribution in [0, 0.1) is 6.92 Å². The zero-order valence-corrected chi connectivity index (χ0v) is 10.9. The average molecular weight is 264 g/mol. The van der Waals surface area contributed by atoms with Gasteiger partial charge in [-0.1, -0.05) is 0 Å². The standard InChI is InChI=1S/C12H12N2O3S/c1-8-13-6-10(18-8)9-3-4-14(11(15)5-9)7-12(16)17-2/h3-6H,7H2,1-2H3. The molecule has 2 rings (SSSR count). The molecular weight excluding hydrogens is 252 g/mol. The summed E-state index contributed by atoms with van der Waals surface area (Å²) in [6.45, 7) is 1.84. The van der Waals surface area contributed by atoms with Crippen molar-refractivity contribution in [3.63, 3.8) is 0 Å². The molecule has 0 saturated heterocycles. The third kappa shape index (κ3) is 2.65. The molecule has 0 aliphatic rings. The van der Waals surface area contributed by atoms with Crippen LogP contribution in [0.5, 0.6) is 0 Å². The van der Waals surface area contributed by atoms with Gasteiger partial charge in [-0.2, -0.15) is 0 Å². The third-order valence-electron chi connectivity index (χ3n) is 2.43. The number of methoxy groups -OCH3 is 1. The summed E-state index contributed by atoms with van der Waals surface area (Å²) in [5.74, 6) is -0.446. The Morgan fingerprint density at radius 1 is 1.56 bits per heavy atom. The molecule has 0 fully saturated rings. The van der Waals surface area contributed by atoms with Gasteiger partial charge in [-0.3, -0.25) is 9.59 Å². The molecule has 0 aromatic carbocycles. The quantitative estimate of drug-likeness (QED) is 0.787. The van der Waals surface area contributed by atoms with Crippen LogP contribution >= 0.6 is 11.3 Å². The molecule has 0 amide bonds. The van der Waals surface area contributed by atoms with E-state index in [1.165, 1.54) is 29.1 Å². The first-order valence-corrected chi connectivity index (χ1v) is 6.12. The fourth-order valence-corrected chi connectivity index (χ4v) is 2.26. The molecule has 0 atom stereocenters. The van der Waals surface area contributed by atoms with Crippen LogP contribution in [0.25, 0.3) is 10.4 Å². The summed E-state index contributed by atoms with van der Waals surface area (Å²) in [5.41, 5.74) is 0.579. The van der Waals surface area contributed by atoms with Crippen molar-refractivity contribution in [3.8, 4) is 10.4 Å². The number of esters is 1. The maximum Gasteiger partial charge on any atom is 0.325 e. The molecule has 0 bridgehead atoms. The fourth-order valence-electron chi connectivity index (χ4n) is 1.49. The van der Waals surface area contributed by atoms with Gasteiger partial charge in [-0.05, 0) is 13.0 Å². The lowest BCUT2D eigenvalue weighted by molar-refractivity contribution is -0.141. The number of pyridine rings is 1. The molecule has 2 aromatic rings. The number of aromatic nitrogens is 2. The summed E-state index contributed by atoms with van der Waals surface area (Å²) < 4.78 is 5.83. The summed E-state index contributed by atoms with van der Waals surface area (Å²) >= 11 is 1.52. The number of hydrogen-bond donors (Lipinski definition) is 0. The molecular formula is C12H12N2O3S. The van der Waals surface area contributed by atoms with Gasteiger partial charge in [0.15, 0.2) is 0 Å². The summed E-state index contributed by atoms with van der Waals surface area (Å²) in [6, 6.07) is 3.28. The normalized spacial score (nSPS) is 10.3. The zero-order chi connectivity index (χ0) is 13.1. The van der Waals surface area contributed by atoms with Gasteiger partial charge in [0, 0.05) is 24.0 Å². The van der Waals surface area contributed by atoms with Crippen LogP contribution in [-0.2, 0) is 16.1 Å². The monoisotopic (exact) mass is 264 g/mol. The third-order valence-corrected chi connectivity index (χ3v) is 3.39. The van der Waals surface area contributed by atoms with Crippen LogP contribution in [0.15, 0.2) is 29.3 Å². The van der Waals surface area contributed by atoms with Gasteiger partial charge in [-0.15, -0.1) is 11.3 Å². The van der Waals surface area contributed by atoms with E-state index in [1.54, 1.807) is 18.5 Å². The van der Waals surface area contributed by atoms with Gasteiger partial charge < -0.3 is 9.30 Å². The predicted octanol–water partition coefficient (Wildman–Crippen LogP) is 1.45. The van der Waals surface area contributed by atoms with Crippen molar-refractivity contribution in [1.29, 1.82) is 0 Å².